The number of nitrogens with one attached hydrogen (secondary N) is 1. The molecular formula is C12H22N2O4. The molecule has 0 aromatic carbocycles. The normalized spacial score (nSPS) is 18.8. The Labute approximate surface area is 107 Å². The Bertz CT molecular complexity index is 277. The van der Waals surface area contributed by atoms with Crippen molar-refractivity contribution in [3.05, 3.63) is 0 Å². The zero-order chi connectivity index (χ0) is 13.4. The van der Waals surface area contributed by atoms with Crippen molar-refractivity contribution in [2.45, 2.75) is 19.3 Å². The van der Waals surface area contributed by atoms with E-state index in [1.807, 2.05) is 0 Å². The summed E-state index contributed by atoms with van der Waals surface area (Å²) in [6.07, 6.45) is 2.35. The minimum Gasteiger partial charge on any atom is -0.480 e. The lowest BCUT2D eigenvalue weighted by atomic mass is 10.0. The number of carboxylic acid groups (broad SMARTS) is 1. The second-order valence-electron chi connectivity index (χ2n) is 4.60. The maximum atomic E-state index is 11.9. The van der Waals surface area contributed by atoms with E-state index >= 15 is 0 Å². The number of hydrogen-bond donors (Lipinski definition) is 2. The second-order valence-corrected chi connectivity index (χ2v) is 4.60. The lowest BCUT2D eigenvalue weighted by molar-refractivity contribution is -0.145. The van der Waals surface area contributed by atoms with E-state index in [9.17, 15) is 9.59 Å². The topological polar surface area (TPSA) is 78.9 Å². The zero-order valence-corrected chi connectivity index (χ0v) is 10.9. The molecule has 1 heterocycles. The smallest absolute Gasteiger partial charge is 0.323 e. The van der Waals surface area contributed by atoms with Gasteiger partial charge < -0.3 is 20.1 Å². The van der Waals surface area contributed by atoms with Crippen LogP contribution in [0, 0.1) is 5.92 Å². The number of aliphatic carboxylic acids is 1. The van der Waals surface area contributed by atoms with Crippen LogP contribution in [-0.2, 0) is 14.3 Å². The largest absolute Gasteiger partial charge is 0.480 e. The molecule has 0 bridgehead atoms. The summed E-state index contributed by atoms with van der Waals surface area (Å²) in [5.74, 6) is -0.536. The number of nitrogens with zero attached hydrogens (tertiary/aromatic N) is 1. The predicted molar refractivity (Wildman–Crippen MR) is 66.3 cm³/mol. The molecule has 2 N–H and O–H groups in total. The van der Waals surface area contributed by atoms with Gasteiger partial charge in [-0.1, -0.05) is 0 Å². The van der Waals surface area contributed by atoms with Crippen molar-refractivity contribution in [1.82, 2.24) is 10.2 Å². The SMILES string of the molecule is COCCN(CC(=O)O)C(=O)CCC1CCNC1. The standard InChI is InChI=1S/C12H22N2O4/c1-18-7-6-14(9-12(16)17)11(15)3-2-10-4-5-13-8-10/h10,13H,2-9H2,1H3,(H,16,17). The third kappa shape index (κ3) is 5.46. The number of methoxy groups -OCH3 is 1. The fourth-order valence-corrected chi connectivity index (χ4v) is 2.10. The van der Waals surface area contributed by atoms with Crippen molar-refractivity contribution in [2.75, 3.05) is 39.9 Å². The van der Waals surface area contributed by atoms with Crippen molar-refractivity contribution >= 4 is 11.9 Å². The molecule has 1 rings (SSSR count). The van der Waals surface area contributed by atoms with E-state index in [0.717, 1.165) is 25.9 Å². The fraction of sp³-hybridized carbons (Fsp3) is 0.833. The molecule has 0 aromatic heterocycles. The number of rotatable bonds is 8. The molecule has 1 atom stereocenters. The van der Waals surface area contributed by atoms with Gasteiger partial charge in [-0.05, 0) is 31.8 Å². The second kappa shape index (κ2) is 8.05. The summed E-state index contributed by atoms with van der Waals surface area (Å²) in [5, 5.41) is 12.0. The Morgan fingerprint density at radius 3 is 2.83 bits per heavy atom. The molecule has 1 aliphatic rings. The van der Waals surface area contributed by atoms with Gasteiger partial charge >= 0.3 is 5.97 Å². The molecule has 0 radical (unpaired) electrons. The van der Waals surface area contributed by atoms with Gasteiger partial charge in [0.2, 0.25) is 5.91 Å². The average molecular weight is 258 g/mol. The van der Waals surface area contributed by atoms with E-state index in [-0.39, 0.29) is 12.5 Å². The zero-order valence-electron chi connectivity index (χ0n) is 10.9. The van der Waals surface area contributed by atoms with Crippen molar-refractivity contribution in [3.8, 4) is 0 Å². The molecule has 6 heteroatoms. The monoisotopic (exact) mass is 258 g/mol. The van der Waals surface area contributed by atoms with Crippen molar-refractivity contribution in [2.24, 2.45) is 5.92 Å². The predicted octanol–water partition coefficient (Wildman–Crippen LogP) is -0.0643. The first-order valence-corrected chi connectivity index (χ1v) is 6.32. The summed E-state index contributed by atoms with van der Waals surface area (Å²) in [4.78, 5) is 24.0. The molecule has 1 saturated heterocycles. The van der Waals surface area contributed by atoms with Crippen molar-refractivity contribution in [1.29, 1.82) is 0 Å². The molecule has 6 nitrogen and oxygen atoms in total. The van der Waals surface area contributed by atoms with Crippen LogP contribution in [0.3, 0.4) is 0 Å². The van der Waals surface area contributed by atoms with Gasteiger partial charge in [-0.3, -0.25) is 9.59 Å². The van der Waals surface area contributed by atoms with Crippen molar-refractivity contribution in [3.63, 3.8) is 0 Å². The van der Waals surface area contributed by atoms with Crippen molar-refractivity contribution < 1.29 is 19.4 Å². The van der Waals surface area contributed by atoms with Crippen LogP contribution in [0.2, 0.25) is 0 Å². The Morgan fingerprint density at radius 1 is 1.50 bits per heavy atom. The average Bonchev–Trinajstić information content (AvgIpc) is 2.84. The van der Waals surface area contributed by atoms with Crippen LogP contribution in [0.25, 0.3) is 0 Å². The summed E-state index contributed by atoms with van der Waals surface area (Å²) in [6.45, 7) is 2.44. The van der Waals surface area contributed by atoms with E-state index in [1.54, 1.807) is 0 Å². The van der Waals surface area contributed by atoms with E-state index in [2.05, 4.69) is 5.32 Å². The molecule has 1 amide bonds. The van der Waals surface area contributed by atoms with Gasteiger partial charge in [-0.2, -0.15) is 0 Å². The van der Waals surface area contributed by atoms with Crippen LogP contribution >= 0.6 is 0 Å². The van der Waals surface area contributed by atoms with Gasteiger partial charge in [0.05, 0.1) is 6.61 Å². The third-order valence-electron chi connectivity index (χ3n) is 3.17. The highest BCUT2D eigenvalue weighted by Gasteiger charge is 2.20. The summed E-state index contributed by atoms with van der Waals surface area (Å²) in [5.41, 5.74) is 0. The Hall–Kier alpha value is -1.14. The van der Waals surface area contributed by atoms with Crippen LogP contribution in [0.1, 0.15) is 19.3 Å². The van der Waals surface area contributed by atoms with E-state index < -0.39 is 5.97 Å². The summed E-state index contributed by atoms with van der Waals surface area (Å²) < 4.78 is 4.89. The molecular weight excluding hydrogens is 236 g/mol. The highest BCUT2D eigenvalue weighted by molar-refractivity contribution is 5.81. The summed E-state index contributed by atoms with van der Waals surface area (Å²) in [7, 11) is 1.54. The molecule has 0 saturated carbocycles. The van der Waals surface area contributed by atoms with Gasteiger partial charge in [0.25, 0.3) is 0 Å². The lowest BCUT2D eigenvalue weighted by Crippen LogP contribution is -2.38. The van der Waals surface area contributed by atoms with Crippen LogP contribution in [0.15, 0.2) is 0 Å². The first-order valence-electron chi connectivity index (χ1n) is 6.32. The minimum absolute atomic E-state index is 0.0960. The molecule has 0 spiro atoms. The molecule has 1 unspecified atom stereocenters. The highest BCUT2D eigenvalue weighted by Crippen LogP contribution is 2.15. The quantitative estimate of drug-likeness (QED) is 0.637. The number of hydrogen-bond acceptors (Lipinski definition) is 4. The van der Waals surface area contributed by atoms with Crippen LogP contribution in [0.4, 0.5) is 0 Å². The number of carboxylic acids is 1. The van der Waals surface area contributed by atoms with E-state index in [1.165, 1.54) is 12.0 Å². The molecule has 0 aliphatic carbocycles. The van der Waals surface area contributed by atoms with Gasteiger partial charge in [-0.15, -0.1) is 0 Å². The van der Waals surface area contributed by atoms with E-state index in [4.69, 9.17) is 9.84 Å². The Morgan fingerprint density at radius 2 is 2.28 bits per heavy atom. The number of ether oxygens (including phenoxy) is 1. The summed E-state index contributed by atoms with van der Waals surface area (Å²) >= 11 is 0. The van der Waals surface area contributed by atoms with Crippen LogP contribution < -0.4 is 5.32 Å². The lowest BCUT2D eigenvalue weighted by Gasteiger charge is -2.21. The van der Waals surface area contributed by atoms with Gasteiger partial charge in [0, 0.05) is 20.1 Å². The highest BCUT2D eigenvalue weighted by atomic mass is 16.5. The molecule has 18 heavy (non-hydrogen) atoms. The molecule has 1 aliphatic heterocycles. The Balaban J connectivity index is 2.34. The number of carbonyl (C=O) groups excluding carboxylic acids is 1. The maximum absolute atomic E-state index is 11.9. The van der Waals surface area contributed by atoms with Gasteiger partial charge in [0.1, 0.15) is 6.54 Å². The maximum Gasteiger partial charge on any atom is 0.323 e. The van der Waals surface area contributed by atoms with E-state index in [0.29, 0.717) is 25.5 Å². The number of amides is 1. The minimum atomic E-state index is -0.984. The fourth-order valence-electron chi connectivity index (χ4n) is 2.10. The third-order valence-corrected chi connectivity index (χ3v) is 3.17. The van der Waals surface area contributed by atoms with Crippen LogP contribution in [-0.4, -0.2) is 61.8 Å². The number of carbonyl (C=O) groups is 2. The first-order chi connectivity index (χ1) is 8.63. The Kier molecular flexibility index (Phi) is 6.67. The van der Waals surface area contributed by atoms with Gasteiger partial charge in [0.15, 0.2) is 0 Å². The van der Waals surface area contributed by atoms with Crippen LogP contribution in [0.5, 0.6) is 0 Å². The summed E-state index contributed by atoms with van der Waals surface area (Å²) in [6, 6.07) is 0. The molecule has 1 fully saturated rings. The molecule has 104 valence electrons. The molecule has 0 aromatic rings. The first kappa shape index (κ1) is 14.9. The van der Waals surface area contributed by atoms with Gasteiger partial charge in [-0.25, -0.2) is 0 Å².